The Bertz CT molecular complexity index is 531. The van der Waals surface area contributed by atoms with Crippen LogP contribution in [-0.4, -0.2) is 17.6 Å². The maximum Gasteiger partial charge on any atom is 0.356 e. The van der Waals surface area contributed by atoms with Gasteiger partial charge >= 0.3 is 5.97 Å². The molecule has 0 saturated heterocycles. The first kappa shape index (κ1) is 12.8. The fraction of sp³-hybridized carbons (Fsp3) is 0.300. The molecule has 0 aliphatic carbocycles. The summed E-state index contributed by atoms with van der Waals surface area (Å²) in [4.78, 5) is 24.7. The second-order valence-corrected chi connectivity index (χ2v) is 2.97. The summed E-state index contributed by atoms with van der Waals surface area (Å²) >= 11 is 0. The Hall–Kier alpha value is -2.23. The summed E-state index contributed by atoms with van der Waals surface area (Å²) in [5.74, 6) is -1.01. The molecule has 0 unspecified atom stereocenters. The standard InChI is InChI=1S/C10H8F2N2O3/c1-2-17-10(16)8-5(4-13)7(15)3-6(14-8)9(11)12/h3,9H,2H2,1H3,(H,14,15). The second kappa shape index (κ2) is 5.21. The molecule has 0 bridgehead atoms. The van der Waals surface area contributed by atoms with Crippen molar-refractivity contribution in [2.24, 2.45) is 0 Å². The van der Waals surface area contributed by atoms with Gasteiger partial charge in [-0.05, 0) is 6.92 Å². The number of aromatic amines is 1. The van der Waals surface area contributed by atoms with Gasteiger partial charge in [0.15, 0.2) is 0 Å². The zero-order valence-electron chi connectivity index (χ0n) is 8.79. The average molecular weight is 242 g/mol. The van der Waals surface area contributed by atoms with Gasteiger partial charge in [0, 0.05) is 6.07 Å². The van der Waals surface area contributed by atoms with Gasteiger partial charge in [0.05, 0.1) is 12.3 Å². The number of carbonyl (C=O) groups is 1. The monoisotopic (exact) mass is 242 g/mol. The van der Waals surface area contributed by atoms with Crippen molar-refractivity contribution < 1.29 is 18.3 Å². The molecule has 0 aliphatic heterocycles. The van der Waals surface area contributed by atoms with Crippen molar-refractivity contribution in [1.82, 2.24) is 4.98 Å². The lowest BCUT2D eigenvalue weighted by atomic mass is 10.2. The molecule has 1 aromatic rings. The van der Waals surface area contributed by atoms with Crippen molar-refractivity contribution in [3.8, 4) is 6.07 Å². The van der Waals surface area contributed by atoms with Crippen LogP contribution in [0.15, 0.2) is 10.9 Å². The maximum atomic E-state index is 12.4. The van der Waals surface area contributed by atoms with E-state index in [2.05, 4.69) is 4.74 Å². The third kappa shape index (κ3) is 2.66. The summed E-state index contributed by atoms with van der Waals surface area (Å²) in [6.07, 6.45) is -2.94. The minimum Gasteiger partial charge on any atom is -0.461 e. The van der Waals surface area contributed by atoms with E-state index in [1.165, 1.54) is 13.0 Å². The number of pyridine rings is 1. The van der Waals surface area contributed by atoms with Gasteiger partial charge in [-0.15, -0.1) is 0 Å². The molecule has 0 fully saturated rings. The summed E-state index contributed by atoms with van der Waals surface area (Å²) in [7, 11) is 0. The molecule has 0 amide bonds. The smallest absolute Gasteiger partial charge is 0.356 e. The Morgan fingerprint density at radius 3 is 2.76 bits per heavy atom. The van der Waals surface area contributed by atoms with Gasteiger partial charge < -0.3 is 9.72 Å². The van der Waals surface area contributed by atoms with E-state index >= 15 is 0 Å². The number of ether oxygens (including phenoxy) is 1. The number of alkyl halides is 2. The van der Waals surface area contributed by atoms with E-state index in [4.69, 9.17) is 5.26 Å². The normalized spacial score (nSPS) is 10.1. The number of halogens is 2. The van der Waals surface area contributed by atoms with Crippen LogP contribution in [0.2, 0.25) is 0 Å². The number of rotatable bonds is 3. The summed E-state index contributed by atoms with van der Waals surface area (Å²) in [5, 5.41) is 8.68. The van der Waals surface area contributed by atoms with Gasteiger partial charge in [0.2, 0.25) is 5.43 Å². The predicted molar refractivity (Wildman–Crippen MR) is 52.7 cm³/mol. The van der Waals surface area contributed by atoms with Gasteiger partial charge in [-0.3, -0.25) is 4.79 Å². The van der Waals surface area contributed by atoms with Crippen LogP contribution in [0.25, 0.3) is 0 Å². The first-order valence-corrected chi connectivity index (χ1v) is 4.63. The Morgan fingerprint density at radius 2 is 2.29 bits per heavy atom. The predicted octanol–water partition coefficient (Wildman–Crippen LogP) is 1.36. The maximum absolute atomic E-state index is 12.4. The molecule has 1 aromatic heterocycles. The molecule has 1 heterocycles. The zero-order chi connectivity index (χ0) is 13.0. The van der Waals surface area contributed by atoms with E-state index in [0.717, 1.165) is 0 Å². The lowest BCUT2D eigenvalue weighted by Crippen LogP contribution is -2.19. The summed E-state index contributed by atoms with van der Waals surface area (Å²) < 4.78 is 29.4. The van der Waals surface area contributed by atoms with Crippen LogP contribution < -0.4 is 5.43 Å². The summed E-state index contributed by atoms with van der Waals surface area (Å²) in [6.45, 7) is 1.52. The van der Waals surface area contributed by atoms with E-state index < -0.39 is 34.8 Å². The van der Waals surface area contributed by atoms with Crippen molar-refractivity contribution in [2.45, 2.75) is 13.3 Å². The molecular formula is C10H8F2N2O3. The third-order valence-corrected chi connectivity index (χ3v) is 1.88. The fourth-order valence-corrected chi connectivity index (χ4v) is 1.16. The van der Waals surface area contributed by atoms with E-state index in [-0.39, 0.29) is 6.61 Å². The summed E-state index contributed by atoms with van der Waals surface area (Å²) in [6, 6.07) is 2.07. The van der Waals surface area contributed by atoms with Crippen LogP contribution in [-0.2, 0) is 4.74 Å². The van der Waals surface area contributed by atoms with Crippen LogP contribution in [0, 0.1) is 11.3 Å². The number of esters is 1. The van der Waals surface area contributed by atoms with Crippen molar-refractivity contribution in [2.75, 3.05) is 6.61 Å². The van der Waals surface area contributed by atoms with Crippen LogP contribution in [0.5, 0.6) is 0 Å². The van der Waals surface area contributed by atoms with E-state index in [9.17, 15) is 18.4 Å². The van der Waals surface area contributed by atoms with E-state index in [1.54, 1.807) is 0 Å². The molecule has 17 heavy (non-hydrogen) atoms. The number of nitriles is 1. The molecule has 0 aliphatic rings. The molecular weight excluding hydrogens is 234 g/mol. The lowest BCUT2D eigenvalue weighted by Gasteiger charge is -2.06. The van der Waals surface area contributed by atoms with Crippen LogP contribution >= 0.6 is 0 Å². The topological polar surface area (TPSA) is 83.0 Å². The number of H-pyrrole nitrogens is 1. The largest absolute Gasteiger partial charge is 0.461 e. The van der Waals surface area contributed by atoms with Gasteiger partial charge in [-0.25, -0.2) is 13.6 Å². The number of hydrogen-bond donors (Lipinski definition) is 1. The number of aromatic nitrogens is 1. The highest BCUT2D eigenvalue weighted by molar-refractivity contribution is 5.90. The second-order valence-electron chi connectivity index (χ2n) is 2.97. The zero-order valence-corrected chi connectivity index (χ0v) is 8.79. The first-order chi connectivity index (χ1) is 8.01. The first-order valence-electron chi connectivity index (χ1n) is 4.63. The number of hydrogen-bond acceptors (Lipinski definition) is 4. The van der Waals surface area contributed by atoms with Crippen molar-refractivity contribution in [3.05, 3.63) is 33.2 Å². The quantitative estimate of drug-likeness (QED) is 0.811. The van der Waals surface area contributed by atoms with Gasteiger partial charge in [-0.2, -0.15) is 5.26 Å². The molecule has 90 valence electrons. The molecule has 0 saturated carbocycles. The van der Waals surface area contributed by atoms with Crippen LogP contribution in [0.1, 0.15) is 35.1 Å². The van der Waals surface area contributed by atoms with E-state index in [0.29, 0.717) is 6.07 Å². The van der Waals surface area contributed by atoms with Gasteiger partial charge in [-0.1, -0.05) is 0 Å². The summed E-state index contributed by atoms with van der Waals surface area (Å²) in [5.41, 5.74) is -2.74. The fourth-order valence-electron chi connectivity index (χ4n) is 1.16. The molecule has 7 heteroatoms. The van der Waals surface area contributed by atoms with Crippen LogP contribution in [0.4, 0.5) is 8.78 Å². The van der Waals surface area contributed by atoms with Crippen molar-refractivity contribution in [3.63, 3.8) is 0 Å². The molecule has 1 N–H and O–H groups in total. The molecule has 1 rings (SSSR count). The van der Waals surface area contributed by atoms with Gasteiger partial charge in [0.25, 0.3) is 6.43 Å². The molecule has 0 radical (unpaired) electrons. The number of carbonyl (C=O) groups excluding carboxylic acids is 1. The van der Waals surface area contributed by atoms with Crippen LogP contribution in [0.3, 0.4) is 0 Å². The molecule has 0 spiro atoms. The lowest BCUT2D eigenvalue weighted by molar-refractivity contribution is 0.0517. The number of nitrogens with one attached hydrogen (secondary N) is 1. The molecule has 0 aromatic carbocycles. The highest BCUT2D eigenvalue weighted by Gasteiger charge is 2.20. The highest BCUT2D eigenvalue weighted by Crippen LogP contribution is 2.16. The number of nitrogens with zero attached hydrogens (tertiary/aromatic N) is 1. The minimum atomic E-state index is -2.94. The Balaban J connectivity index is 3.40. The highest BCUT2D eigenvalue weighted by atomic mass is 19.3. The Kier molecular flexibility index (Phi) is 3.93. The Morgan fingerprint density at radius 1 is 1.65 bits per heavy atom. The average Bonchev–Trinajstić information content (AvgIpc) is 2.28. The minimum absolute atomic E-state index is 0.00460. The SMILES string of the molecule is CCOC(=O)c1[nH]c(C(F)F)cc(=O)c1C#N. The molecule has 0 atom stereocenters. The van der Waals surface area contributed by atoms with Crippen molar-refractivity contribution in [1.29, 1.82) is 5.26 Å². The van der Waals surface area contributed by atoms with E-state index in [1.807, 2.05) is 4.98 Å². The third-order valence-electron chi connectivity index (χ3n) is 1.88. The molecule has 5 nitrogen and oxygen atoms in total. The van der Waals surface area contributed by atoms with Crippen molar-refractivity contribution >= 4 is 5.97 Å². The van der Waals surface area contributed by atoms with Gasteiger partial charge in [0.1, 0.15) is 17.3 Å². The Labute approximate surface area is 94.6 Å².